The number of hydrogen-bond donors (Lipinski definition) is 1. The lowest BCUT2D eigenvalue weighted by molar-refractivity contribution is 0.0954. The first kappa shape index (κ1) is 15.2. The molecule has 0 aliphatic heterocycles. The summed E-state index contributed by atoms with van der Waals surface area (Å²) in [6.45, 7) is 2.31. The number of carbonyl (C=O) groups excluding carboxylic acids is 1. The maximum absolute atomic E-state index is 12.3. The summed E-state index contributed by atoms with van der Waals surface area (Å²) in [5.74, 6) is -0.101. The Labute approximate surface area is 141 Å². The number of thiophene rings is 1. The fraction of sp³-hybridized carbons (Fsp3) is 0.125. The van der Waals surface area contributed by atoms with Gasteiger partial charge in [0.05, 0.1) is 5.69 Å². The Balaban J connectivity index is 1.72. The molecule has 1 N–H and O–H groups in total. The van der Waals surface area contributed by atoms with Crippen molar-refractivity contribution in [3.05, 3.63) is 62.2 Å². The van der Waals surface area contributed by atoms with Gasteiger partial charge in [0.1, 0.15) is 9.88 Å². The van der Waals surface area contributed by atoms with Crippen LogP contribution in [0.2, 0.25) is 5.02 Å². The Morgan fingerprint density at radius 2 is 2.23 bits per heavy atom. The standard InChI is InChI=1S/C16H13ClN2OS2/c1-10-14(22-16(19-10)12-5-6-21-9-12)15(20)18-8-11-3-2-4-13(17)7-11/h2-7,9H,8H2,1H3,(H,18,20). The smallest absolute Gasteiger partial charge is 0.263 e. The summed E-state index contributed by atoms with van der Waals surface area (Å²) < 4.78 is 0. The van der Waals surface area contributed by atoms with Gasteiger partial charge in [-0.25, -0.2) is 4.98 Å². The minimum Gasteiger partial charge on any atom is -0.347 e. The van der Waals surface area contributed by atoms with Crippen LogP contribution in [0.5, 0.6) is 0 Å². The minimum absolute atomic E-state index is 0.101. The third-order valence-corrected chi connectivity index (χ3v) is 5.24. The van der Waals surface area contributed by atoms with Crippen LogP contribution in [0.1, 0.15) is 20.9 Å². The Morgan fingerprint density at radius 3 is 2.95 bits per heavy atom. The summed E-state index contributed by atoms with van der Waals surface area (Å²) in [7, 11) is 0. The zero-order chi connectivity index (χ0) is 15.5. The SMILES string of the molecule is Cc1nc(-c2ccsc2)sc1C(=O)NCc1cccc(Cl)c1. The van der Waals surface area contributed by atoms with Crippen LogP contribution in [0, 0.1) is 6.92 Å². The highest BCUT2D eigenvalue weighted by Gasteiger charge is 2.16. The van der Waals surface area contributed by atoms with Gasteiger partial charge in [0.15, 0.2) is 0 Å². The van der Waals surface area contributed by atoms with Crippen molar-refractivity contribution in [2.24, 2.45) is 0 Å². The van der Waals surface area contributed by atoms with E-state index in [9.17, 15) is 4.79 Å². The Morgan fingerprint density at radius 1 is 1.36 bits per heavy atom. The molecular formula is C16H13ClN2OS2. The van der Waals surface area contributed by atoms with Gasteiger partial charge in [-0.05, 0) is 36.1 Å². The number of nitrogens with one attached hydrogen (secondary N) is 1. The number of benzene rings is 1. The van der Waals surface area contributed by atoms with E-state index in [2.05, 4.69) is 10.3 Å². The second kappa shape index (κ2) is 6.60. The fourth-order valence-corrected chi connectivity index (χ4v) is 3.93. The average Bonchev–Trinajstić information content (AvgIpc) is 3.14. The molecule has 2 heterocycles. The Kier molecular flexibility index (Phi) is 4.57. The monoisotopic (exact) mass is 348 g/mol. The molecule has 1 aromatic carbocycles. The number of hydrogen-bond acceptors (Lipinski definition) is 4. The van der Waals surface area contributed by atoms with E-state index in [4.69, 9.17) is 11.6 Å². The van der Waals surface area contributed by atoms with Crippen molar-refractivity contribution in [3.8, 4) is 10.6 Å². The van der Waals surface area contributed by atoms with Gasteiger partial charge in [-0.2, -0.15) is 11.3 Å². The van der Waals surface area contributed by atoms with Crippen molar-refractivity contribution in [3.63, 3.8) is 0 Å². The Bertz CT molecular complexity index is 796. The van der Waals surface area contributed by atoms with E-state index in [1.807, 2.05) is 48.0 Å². The van der Waals surface area contributed by atoms with Crippen molar-refractivity contribution in [2.75, 3.05) is 0 Å². The van der Waals surface area contributed by atoms with Crippen LogP contribution in [0.15, 0.2) is 41.1 Å². The lowest BCUT2D eigenvalue weighted by atomic mass is 10.2. The van der Waals surface area contributed by atoms with E-state index in [1.54, 1.807) is 11.3 Å². The van der Waals surface area contributed by atoms with Crippen LogP contribution >= 0.6 is 34.3 Å². The molecule has 22 heavy (non-hydrogen) atoms. The molecule has 0 spiro atoms. The molecular weight excluding hydrogens is 336 g/mol. The zero-order valence-electron chi connectivity index (χ0n) is 11.8. The van der Waals surface area contributed by atoms with Crippen molar-refractivity contribution in [1.29, 1.82) is 0 Å². The van der Waals surface area contributed by atoms with Gasteiger partial charge in [0.25, 0.3) is 5.91 Å². The predicted molar refractivity (Wildman–Crippen MR) is 92.8 cm³/mol. The second-order valence-electron chi connectivity index (χ2n) is 4.76. The molecule has 112 valence electrons. The first-order valence-corrected chi connectivity index (χ1v) is 8.80. The lowest BCUT2D eigenvalue weighted by Crippen LogP contribution is -2.22. The van der Waals surface area contributed by atoms with Crippen LogP contribution in [0.3, 0.4) is 0 Å². The van der Waals surface area contributed by atoms with Gasteiger partial charge in [-0.1, -0.05) is 23.7 Å². The first-order valence-electron chi connectivity index (χ1n) is 6.66. The maximum atomic E-state index is 12.3. The quantitative estimate of drug-likeness (QED) is 0.738. The van der Waals surface area contributed by atoms with Crippen LogP contribution < -0.4 is 5.32 Å². The number of amides is 1. The molecule has 0 atom stereocenters. The number of thiazole rings is 1. The zero-order valence-corrected chi connectivity index (χ0v) is 14.2. The second-order valence-corrected chi connectivity index (χ2v) is 6.97. The van der Waals surface area contributed by atoms with Gasteiger partial charge in [-0.3, -0.25) is 4.79 Å². The summed E-state index contributed by atoms with van der Waals surface area (Å²) in [5, 5.41) is 8.50. The van der Waals surface area contributed by atoms with Gasteiger partial charge in [0.2, 0.25) is 0 Å². The summed E-state index contributed by atoms with van der Waals surface area (Å²) >= 11 is 8.98. The third-order valence-electron chi connectivity index (χ3n) is 3.11. The van der Waals surface area contributed by atoms with Crippen molar-refractivity contribution >= 4 is 40.2 Å². The molecule has 0 unspecified atom stereocenters. The fourth-order valence-electron chi connectivity index (χ4n) is 2.03. The number of rotatable bonds is 4. The average molecular weight is 349 g/mol. The summed E-state index contributed by atoms with van der Waals surface area (Å²) in [6.07, 6.45) is 0. The van der Waals surface area contributed by atoms with Crippen LogP contribution in [0.25, 0.3) is 10.6 Å². The molecule has 6 heteroatoms. The summed E-state index contributed by atoms with van der Waals surface area (Å²) in [4.78, 5) is 17.5. The molecule has 0 radical (unpaired) electrons. The van der Waals surface area contributed by atoms with E-state index in [-0.39, 0.29) is 5.91 Å². The number of aryl methyl sites for hydroxylation is 1. The third kappa shape index (κ3) is 3.38. The highest BCUT2D eigenvalue weighted by Crippen LogP contribution is 2.29. The van der Waals surface area contributed by atoms with E-state index < -0.39 is 0 Å². The molecule has 0 aliphatic rings. The summed E-state index contributed by atoms with van der Waals surface area (Å²) in [5.41, 5.74) is 2.79. The maximum Gasteiger partial charge on any atom is 0.263 e. The lowest BCUT2D eigenvalue weighted by Gasteiger charge is -2.04. The minimum atomic E-state index is -0.101. The van der Waals surface area contributed by atoms with E-state index >= 15 is 0 Å². The summed E-state index contributed by atoms with van der Waals surface area (Å²) in [6, 6.07) is 9.47. The molecule has 0 saturated carbocycles. The van der Waals surface area contributed by atoms with Crippen LogP contribution in [0.4, 0.5) is 0 Å². The van der Waals surface area contributed by atoms with Crippen LogP contribution in [-0.4, -0.2) is 10.9 Å². The molecule has 0 bridgehead atoms. The molecule has 0 fully saturated rings. The molecule has 0 saturated heterocycles. The van der Waals surface area contributed by atoms with Crippen molar-refractivity contribution < 1.29 is 4.79 Å². The molecule has 3 rings (SSSR count). The highest BCUT2D eigenvalue weighted by atomic mass is 35.5. The van der Waals surface area contributed by atoms with Gasteiger partial charge in [-0.15, -0.1) is 11.3 Å². The molecule has 2 aromatic heterocycles. The highest BCUT2D eigenvalue weighted by molar-refractivity contribution is 7.17. The predicted octanol–water partition coefficient (Wildman–Crippen LogP) is 4.76. The van der Waals surface area contributed by atoms with E-state index in [0.717, 1.165) is 21.8 Å². The molecule has 1 amide bonds. The van der Waals surface area contributed by atoms with Gasteiger partial charge >= 0.3 is 0 Å². The van der Waals surface area contributed by atoms with Gasteiger partial charge < -0.3 is 5.32 Å². The van der Waals surface area contributed by atoms with Gasteiger partial charge in [0, 0.05) is 22.5 Å². The molecule has 3 aromatic rings. The topological polar surface area (TPSA) is 42.0 Å². The van der Waals surface area contributed by atoms with E-state index in [1.165, 1.54) is 11.3 Å². The molecule has 3 nitrogen and oxygen atoms in total. The Hall–Kier alpha value is -1.69. The van der Waals surface area contributed by atoms with Crippen molar-refractivity contribution in [2.45, 2.75) is 13.5 Å². The number of carbonyl (C=O) groups is 1. The normalized spacial score (nSPS) is 10.6. The first-order chi connectivity index (χ1) is 10.6. The number of aromatic nitrogens is 1. The van der Waals surface area contributed by atoms with E-state index in [0.29, 0.717) is 16.4 Å². The number of halogens is 1. The number of nitrogens with zero attached hydrogens (tertiary/aromatic N) is 1. The largest absolute Gasteiger partial charge is 0.347 e. The van der Waals surface area contributed by atoms with Crippen molar-refractivity contribution in [1.82, 2.24) is 10.3 Å². The van der Waals surface area contributed by atoms with Crippen LogP contribution in [-0.2, 0) is 6.54 Å². The molecule has 0 aliphatic carbocycles.